The maximum atomic E-state index is 11.1. The van der Waals surface area contributed by atoms with Crippen molar-refractivity contribution in [2.45, 2.75) is 20.8 Å². The minimum absolute atomic E-state index is 0.104. The summed E-state index contributed by atoms with van der Waals surface area (Å²) in [6.45, 7) is 6.08. The number of benzene rings is 1. The van der Waals surface area contributed by atoms with E-state index < -0.39 is 0 Å². The van der Waals surface area contributed by atoms with E-state index in [0.717, 1.165) is 11.3 Å². The van der Waals surface area contributed by atoms with E-state index in [1.54, 1.807) is 11.8 Å². The van der Waals surface area contributed by atoms with Crippen LogP contribution in [0.15, 0.2) is 30.3 Å². The molecule has 0 radical (unpaired) electrons. The molecule has 104 valence electrons. The molecule has 1 aromatic heterocycles. The highest BCUT2D eigenvalue weighted by molar-refractivity contribution is 5.80. The van der Waals surface area contributed by atoms with Crippen molar-refractivity contribution >= 4 is 11.6 Å². The van der Waals surface area contributed by atoms with Gasteiger partial charge >= 0.3 is 0 Å². The Labute approximate surface area is 119 Å². The lowest BCUT2D eigenvalue weighted by molar-refractivity contribution is -0.115. The van der Waals surface area contributed by atoms with Crippen LogP contribution in [0.4, 0.5) is 5.82 Å². The van der Waals surface area contributed by atoms with Crippen molar-refractivity contribution in [2.75, 3.05) is 18.5 Å². The molecule has 0 bridgehead atoms. The Hall–Kier alpha value is -2.23. The molecule has 0 saturated heterocycles. The SMILES string of the molecule is CC(=O)CN(C)c1ccc(-c2ccc(C)c(C)c2)nn1. The van der Waals surface area contributed by atoms with Gasteiger partial charge in [-0.15, -0.1) is 10.2 Å². The van der Waals surface area contributed by atoms with Gasteiger partial charge in [0.2, 0.25) is 0 Å². The highest BCUT2D eigenvalue weighted by Crippen LogP contribution is 2.20. The van der Waals surface area contributed by atoms with Gasteiger partial charge in [-0.05, 0) is 50.1 Å². The second kappa shape index (κ2) is 5.82. The van der Waals surface area contributed by atoms with Crippen LogP contribution < -0.4 is 4.90 Å². The first kappa shape index (κ1) is 14.2. The number of carbonyl (C=O) groups is 1. The number of likely N-dealkylation sites (N-methyl/N-ethyl adjacent to an activating group) is 1. The Kier molecular flexibility index (Phi) is 4.13. The van der Waals surface area contributed by atoms with E-state index in [1.807, 2.05) is 25.2 Å². The lowest BCUT2D eigenvalue weighted by Gasteiger charge is -2.15. The summed E-state index contributed by atoms with van der Waals surface area (Å²) in [6, 6.07) is 10.1. The van der Waals surface area contributed by atoms with E-state index >= 15 is 0 Å². The molecule has 0 fully saturated rings. The van der Waals surface area contributed by atoms with Gasteiger partial charge in [0.25, 0.3) is 0 Å². The van der Waals surface area contributed by atoms with Crippen LogP contribution in [0.2, 0.25) is 0 Å². The Morgan fingerprint density at radius 2 is 1.85 bits per heavy atom. The number of hydrogen-bond acceptors (Lipinski definition) is 4. The molecule has 0 amide bonds. The zero-order chi connectivity index (χ0) is 14.7. The summed E-state index contributed by atoms with van der Waals surface area (Å²) in [5.74, 6) is 0.806. The van der Waals surface area contributed by atoms with Gasteiger partial charge in [-0.1, -0.05) is 12.1 Å². The average Bonchev–Trinajstić information content (AvgIpc) is 2.41. The molecular weight excluding hydrogens is 250 g/mol. The van der Waals surface area contributed by atoms with Crippen molar-refractivity contribution in [3.8, 4) is 11.3 Å². The zero-order valence-corrected chi connectivity index (χ0v) is 12.3. The molecule has 0 atom stereocenters. The molecule has 0 spiro atoms. The maximum Gasteiger partial charge on any atom is 0.151 e. The fourth-order valence-electron chi connectivity index (χ4n) is 2.00. The molecule has 4 nitrogen and oxygen atoms in total. The maximum absolute atomic E-state index is 11.1. The van der Waals surface area contributed by atoms with Crippen LogP contribution >= 0.6 is 0 Å². The fourth-order valence-corrected chi connectivity index (χ4v) is 2.00. The average molecular weight is 269 g/mol. The number of Topliss-reactive ketones (excluding diaryl/α,β-unsaturated/α-hetero) is 1. The molecule has 1 heterocycles. The number of aromatic nitrogens is 2. The second-order valence-corrected chi connectivity index (χ2v) is 5.13. The molecule has 0 aliphatic carbocycles. The minimum Gasteiger partial charge on any atom is -0.351 e. The number of nitrogens with zero attached hydrogens (tertiary/aromatic N) is 3. The zero-order valence-electron chi connectivity index (χ0n) is 12.3. The number of hydrogen-bond donors (Lipinski definition) is 0. The van der Waals surface area contributed by atoms with Crippen LogP contribution in [-0.2, 0) is 4.79 Å². The van der Waals surface area contributed by atoms with Crippen molar-refractivity contribution in [1.29, 1.82) is 0 Å². The molecule has 0 aliphatic heterocycles. The summed E-state index contributed by atoms with van der Waals surface area (Å²) in [7, 11) is 1.83. The molecule has 2 rings (SSSR count). The molecule has 0 aliphatic rings. The van der Waals surface area contributed by atoms with Gasteiger partial charge in [-0.3, -0.25) is 4.79 Å². The van der Waals surface area contributed by atoms with E-state index in [2.05, 4.69) is 36.2 Å². The lowest BCUT2D eigenvalue weighted by atomic mass is 10.0. The molecule has 0 unspecified atom stereocenters. The van der Waals surface area contributed by atoms with Crippen LogP contribution in [0.5, 0.6) is 0 Å². The molecule has 0 N–H and O–H groups in total. The normalized spacial score (nSPS) is 10.4. The van der Waals surface area contributed by atoms with Gasteiger partial charge in [0.05, 0.1) is 12.2 Å². The first-order valence-electron chi connectivity index (χ1n) is 6.59. The number of ketones is 1. The lowest BCUT2D eigenvalue weighted by Crippen LogP contribution is -2.24. The van der Waals surface area contributed by atoms with Crippen molar-refractivity contribution in [1.82, 2.24) is 10.2 Å². The highest BCUT2D eigenvalue weighted by Gasteiger charge is 2.07. The van der Waals surface area contributed by atoms with Gasteiger partial charge in [-0.2, -0.15) is 0 Å². The standard InChI is InChI=1S/C16H19N3O/c1-11-5-6-14(9-12(11)2)15-7-8-16(18-17-15)19(4)10-13(3)20/h5-9H,10H2,1-4H3. The topological polar surface area (TPSA) is 46.1 Å². The Bertz CT molecular complexity index is 620. The van der Waals surface area contributed by atoms with Gasteiger partial charge in [-0.25, -0.2) is 0 Å². The Morgan fingerprint density at radius 1 is 1.10 bits per heavy atom. The smallest absolute Gasteiger partial charge is 0.151 e. The quantitative estimate of drug-likeness (QED) is 0.856. The highest BCUT2D eigenvalue weighted by atomic mass is 16.1. The van der Waals surface area contributed by atoms with Crippen molar-refractivity contribution in [2.24, 2.45) is 0 Å². The van der Waals surface area contributed by atoms with Gasteiger partial charge in [0.1, 0.15) is 5.78 Å². The van der Waals surface area contributed by atoms with E-state index in [4.69, 9.17) is 0 Å². The summed E-state index contributed by atoms with van der Waals surface area (Å²) in [6.07, 6.45) is 0. The van der Waals surface area contributed by atoms with Crippen LogP contribution in [0.3, 0.4) is 0 Å². The van der Waals surface area contributed by atoms with Crippen LogP contribution in [-0.4, -0.2) is 29.6 Å². The summed E-state index contributed by atoms with van der Waals surface area (Å²) in [4.78, 5) is 12.9. The number of rotatable bonds is 4. The van der Waals surface area contributed by atoms with Crippen molar-refractivity contribution < 1.29 is 4.79 Å². The van der Waals surface area contributed by atoms with Gasteiger partial charge in [0.15, 0.2) is 5.82 Å². The number of aryl methyl sites for hydroxylation is 2. The first-order chi connectivity index (χ1) is 9.47. The van der Waals surface area contributed by atoms with E-state index in [1.165, 1.54) is 11.1 Å². The summed E-state index contributed by atoms with van der Waals surface area (Å²) in [5.41, 5.74) is 4.40. The fraction of sp³-hybridized carbons (Fsp3) is 0.312. The minimum atomic E-state index is 0.104. The van der Waals surface area contributed by atoms with Crippen LogP contribution in [0, 0.1) is 13.8 Å². The third-order valence-corrected chi connectivity index (χ3v) is 3.30. The summed E-state index contributed by atoms with van der Waals surface area (Å²) < 4.78 is 0. The third kappa shape index (κ3) is 3.20. The van der Waals surface area contributed by atoms with Crippen LogP contribution in [0.1, 0.15) is 18.1 Å². The van der Waals surface area contributed by atoms with Gasteiger partial charge in [0, 0.05) is 12.6 Å². The molecular formula is C16H19N3O. The van der Waals surface area contributed by atoms with E-state index in [-0.39, 0.29) is 5.78 Å². The largest absolute Gasteiger partial charge is 0.351 e. The first-order valence-corrected chi connectivity index (χ1v) is 6.59. The van der Waals surface area contributed by atoms with E-state index in [0.29, 0.717) is 12.4 Å². The number of anilines is 1. The molecule has 0 saturated carbocycles. The van der Waals surface area contributed by atoms with Crippen molar-refractivity contribution in [3.05, 3.63) is 41.5 Å². The third-order valence-electron chi connectivity index (χ3n) is 3.30. The van der Waals surface area contributed by atoms with Crippen LogP contribution in [0.25, 0.3) is 11.3 Å². The predicted octanol–water partition coefficient (Wildman–Crippen LogP) is 2.79. The van der Waals surface area contributed by atoms with Gasteiger partial charge < -0.3 is 4.90 Å². The molecule has 2 aromatic rings. The molecule has 1 aromatic carbocycles. The Balaban J connectivity index is 2.23. The summed E-state index contributed by atoms with van der Waals surface area (Å²) in [5, 5.41) is 8.43. The van der Waals surface area contributed by atoms with Crippen molar-refractivity contribution in [3.63, 3.8) is 0 Å². The number of carbonyl (C=O) groups excluding carboxylic acids is 1. The monoisotopic (exact) mass is 269 g/mol. The predicted molar refractivity (Wildman–Crippen MR) is 80.9 cm³/mol. The molecule has 4 heteroatoms. The second-order valence-electron chi connectivity index (χ2n) is 5.13. The summed E-state index contributed by atoms with van der Waals surface area (Å²) >= 11 is 0. The molecule has 20 heavy (non-hydrogen) atoms. The Morgan fingerprint density at radius 3 is 2.40 bits per heavy atom. The van der Waals surface area contributed by atoms with E-state index in [9.17, 15) is 4.79 Å².